The number of carbonyl (C=O) groups excluding carboxylic acids is 2. The van der Waals surface area contributed by atoms with E-state index in [1.54, 1.807) is 19.0 Å². The average molecular weight is 341 g/mol. The summed E-state index contributed by atoms with van der Waals surface area (Å²) in [7, 11) is 3.40. The predicted octanol–water partition coefficient (Wildman–Crippen LogP) is 1.78. The third-order valence-corrected chi connectivity index (χ3v) is 4.32. The minimum absolute atomic E-state index is 0.0241. The standard InChI is InChI=1S/C17H31N3O4/c1-17(2,3)9-6-13(15(22)23)18-14(21)12-7-10-20(11-8-12)16(24)19(4)5/h12-13H,6-11H2,1-5H3,(H,18,21)(H,22,23). The molecule has 0 aromatic carbocycles. The van der Waals surface area contributed by atoms with E-state index >= 15 is 0 Å². The maximum absolute atomic E-state index is 12.4. The van der Waals surface area contributed by atoms with Crippen molar-refractivity contribution >= 4 is 17.9 Å². The van der Waals surface area contributed by atoms with Gasteiger partial charge in [-0.2, -0.15) is 0 Å². The molecule has 0 aliphatic carbocycles. The zero-order valence-electron chi connectivity index (χ0n) is 15.5. The maximum atomic E-state index is 12.4. The van der Waals surface area contributed by atoms with E-state index in [1.807, 2.05) is 20.8 Å². The molecule has 1 atom stereocenters. The number of carboxylic acid groups (broad SMARTS) is 1. The van der Waals surface area contributed by atoms with E-state index in [9.17, 15) is 19.5 Å². The van der Waals surface area contributed by atoms with Gasteiger partial charge in [-0.3, -0.25) is 4.79 Å². The van der Waals surface area contributed by atoms with E-state index < -0.39 is 12.0 Å². The van der Waals surface area contributed by atoms with Crippen LogP contribution in [0.15, 0.2) is 0 Å². The largest absolute Gasteiger partial charge is 0.480 e. The van der Waals surface area contributed by atoms with Crippen molar-refractivity contribution in [1.29, 1.82) is 0 Å². The highest BCUT2D eigenvalue weighted by molar-refractivity contribution is 5.85. The molecule has 1 unspecified atom stereocenters. The molecule has 0 radical (unpaired) electrons. The fourth-order valence-corrected chi connectivity index (χ4v) is 2.74. The van der Waals surface area contributed by atoms with E-state index in [-0.39, 0.29) is 23.3 Å². The smallest absolute Gasteiger partial charge is 0.326 e. The van der Waals surface area contributed by atoms with Gasteiger partial charge in [0.2, 0.25) is 5.91 Å². The summed E-state index contributed by atoms with van der Waals surface area (Å²) in [5, 5.41) is 12.0. The monoisotopic (exact) mass is 341 g/mol. The van der Waals surface area contributed by atoms with E-state index in [4.69, 9.17) is 0 Å². The number of piperidine rings is 1. The van der Waals surface area contributed by atoms with Crippen LogP contribution >= 0.6 is 0 Å². The van der Waals surface area contributed by atoms with Crippen LogP contribution in [-0.2, 0) is 9.59 Å². The van der Waals surface area contributed by atoms with Crippen LogP contribution in [0.3, 0.4) is 0 Å². The first kappa shape index (κ1) is 20.3. The number of amides is 3. The number of hydrogen-bond acceptors (Lipinski definition) is 3. The number of urea groups is 1. The average Bonchev–Trinajstić information content (AvgIpc) is 2.49. The summed E-state index contributed by atoms with van der Waals surface area (Å²) >= 11 is 0. The Kier molecular flexibility index (Phi) is 7.05. The molecule has 0 saturated carbocycles. The normalized spacial score (nSPS) is 17.3. The molecule has 7 heteroatoms. The molecule has 24 heavy (non-hydrogen) atoms. The molecule has 0 bridgehead atoms. The van der Waals surface area contributed by atoms with Crippen molar-refractivity contribution in [2.75, 3.05) is 27.2 Å². The lowest BCUT2D eigenvalue weighted by Crippen LogP contribution is -2.49. The number of hydrogen-bond donors (Lipinski definition) is 2. The molecular weight excluding hydrogens is 310 g/mol. The Hall–Kier alpha value is -1.79. The first-order valence-electron chi connectivity index (χ1n) is 8.50. The summed E-state index contributed by atoms with van der Waals surface area (Å²) in [4.78, 5) is 38.9. The number of nitrogens with zero attached hydrogens (tertiary/aromatic N) is 2. The SMILES string of the molecule is CN(C)C(=O)N1CCC(C(=O)NC(CCC(C)(C)C)C(=O)O)CC1. The highest BCUT2D eigenvalue weighted by atomic mass is 16.4. The van der Waals surface area contributed by atoms with Crippen LogP contribution < -0.4 is 5.32 Å². The summed E-state index contributed by atoms with van der Waals surface area (Å²) in [6.07, 6.45) is 2.27. The molecule has 2 N–H and O–H groups in total. The lowest BCUT2D eigenvalue weighted by Gasteiger charge is -2.33. The summed E-state index contributed by atoms with van der Waals surface area (Å²) in [5.74, 6) is -1.44. The minimum Gasteiger partial charge on any atom is -0.480 e. The van der Waals surface area contributed by atoms with Gasteiger partial charge in [0.15, 0.2) is 0 Å². The summed E-state index contributed by atoms with van der Waals surface area (Å²) in [5.41, 5.74) is 0.0241. The van der Waals surface area contributed by atoms with Crippen molar-refractivity contribution in [2.45, 2.75) is 52.5 Å². The summed E-state index contributed by atoms with van der Waals surface area (Å²) < 4.78 is 0. The minimum atomic E-state index is -0.993. The Balaban J connectivity index is 2.52. The quantitative estimate of drug-likeness (QED) is 0.797. The fourth-order valence-electron chi connectivity index (χ4n) is 2.74. The number of carbonyl (C=O) groups is 3. The Morgan fingerprint density at radius 3 is 2.17 bits per heavy atom. The first-order chi connectivity index (χ1) is 11.0. The molecule has 0 aromatic heterocycles. The van der Waals surface area contributed by atoms with Gasteiger partial charge >= 0.3 is 12.0 Å². The van der Waals surface area contributed by atoms with Crippen molar-refractivity contribution in [1.82, 2.24) is 15.1 Å². The Morgan fingerprint density at radius 1 is 1.21 bits per heavy atom. The van der Waals surface area contributed by atoms with Crippen molar-refractivity contribution in [2.24, 2.45) is 11.3 Å². The van der Waals surface area contributed by atoms with Crippen LogP contribution in [-0.4, -0.2) is 66.0 Å². The van der Waals surface area contributed by atoms with Gasteiger partial charge in [-0.1, -0.05) is 20.8 Å². The molecular formula is C17H31N3O4. The van der Waals surface area contributed by atoms with E-state index in [2.05, 4.69) is 5.32 Å². The van der Waals surface area contributed by atoms with E-state index in [1.165, 1.54) is 4.90 Å². The number of nitrogens with one attached hydrogen (secondary N) is 1. The van der Waals surface area contributed by atoms with Crippen LogP contribution in [0.1, 0.15) is 46.5 Å². The number of carboxylic acids is 1. The molecule has 1 fully saturated rings. The molecule has 1 aliphatic rings. The molecule has 0 spiro atoms. The second-order valence-corrected chi connectivity index (χ2v) is 7.94. The molecule has 1 heterocycles. The highest BCUT2D eigenvalue weighted by Gasteiger charge is 2.30. The lowest BCUT2D eigenvalue weighted by molar-refractivity contribution is -0.143. The van der Waals surface area contributed by atoms with Crippen molar-refractivity contribution in [3.63, 3.8) is 0 Å². The number of aliphatic carboxylic acids is 1. The zero-order chi connectivity index (χ0) is 18.5. The molecule has 1 rings (SSSR count). The van der Waals surface area contributed by atoms with Crippen molar-refractivity contribution < 1.29 is 19.5 Å². The van der Waals surface area contributed by atoms with Crippen molar-refractivity contribution in [3.05, 3.63) is 0 Å². The molecule has 3 amide bonds. The molecule has 1 aliphatic heterocycles. The van der Waals surface area contributed by atoms with Gasteiger partial charge < -0.3 is 20.2 Å². The Bertz CT molecular complexity index is 463. The molecule has 7 nitrogen and oxygen atoms in total. The fraction of sp³-hybridized carbons (Fsp3) is 0.824. The zero-order valence-corrected chi connectivity index (χ0v) is 15.5. The van der Waals surface area contributed by atoms with Crippen LogP contribution in [0.4, 0.5) is 4.79 Å². The molecule has 1 saturated heterocycles. The topological polar surface area (TPSA) is 90.0 Å². The van der Waals surface area contributed by atoms with E-state index in [0.717, 1.165) is 6.42 Å². The van der Waals surface area contributed by atoms with Gasteiger partial charge in [0.25, 0.3) is 0 Å². The third-order valence-electron chi connectivity index (χ3n) is 4.32. The molecule has 138 valence electrons. The summed E-state index contributed by atoms with van der Waals surface area (Å²) in [6.45, 7) is 7.19. The van der Waals surface area contributed by atoms with Gasteiger partial charge in [0.05, 0.1) is 0 Å². The van der Waals surface area contributed by atoms with Gasteiger partial charge in [-0.25, -0.2) is 9.59 Å². The van der Waals surface area contributed by atoms with Crippen molar-refractivity contribution in [3.8, 4) is 0 Å². The Labute approximate surface area is 144 Å². The molecule has 0 aromatic rings. The van der Waals surface area contributed by atoms with Gasteiger partial charge in [-0.15, -0.1) is 0 Å². The van der Waals surface area contributed by atoms with Gasteiger partial charge in [0.1, 0.15) is 6.04 Å². The van der Waals surface area contributed by atoms with Crippen LogP contribution in [0.5, 0.6) is 0 Å². The van der Waals surface area contributed by atoms with E-state index in [0.29, 0.717) is 32.4 Å². The lowest BCUT2D eigenvalue weighted by atomic mass is 9.88. The summed E-state index contributed by atoms with van der Waals surface area (Å²) in [6, 6.07) is -0.902. The predicted molar refractivity (Wildman–Crippen MR) is 91.6 cm³/mol. The number of rotatable bonds is 5. The maximum Gasteiger partial charge on any atom is 0.326 e. The third kappa shape index (κ3) is 6.37. The van der Waals surface area contributed by atoms with Crippen LogP contribution in [0, 0.1) is 11.3 Å². The second kappa shape index (κ2) is 8.35. The van der Waals surface area contributed by atoms with Gasteiger partial charge in [0, 0.05) is 33.1 Å². The van der Waals surface area contributed by atoms with Crippen LogP contribution in [0.2, 0.25) is 0 Å². The highest BCUT2D eigenvalue weighted by Crippen LogP contribution is 2.23. The Morgan fingerprint density at radius 2 is 1.75 bits per heavy atom. The van der Waals surface area contributed by atoms with Crippen LogP contribution in [0.25, 0.3) is 0 Å². The first-order valence-corrected chi connectivity index (χ1v) is 8.50. The van der Waals surface area contributed by atoms with Gasteiger partial charge in [-0.05, 0) is 31.1 Å². The second-order valence-electron chi connectivity index (χ2n) is 7.94. The number of likely N-dealkylation sites (tertiary alicyclic amines) is 1.